The van der Waals surface area contributed by atoms with Crippen LogP contribution in [0.1, 0.15) is 15.9 Å². The van der Waals surface area contributed by atoms with Crippen LogP contribution >= 0.6 is 0 Å². The maximum Gasteiger partial charge on any atom is 0.298 e. The fourth-order valence-electron chi connectivity index (χ4n) is 3.47. The molecule has 0 atom stereocenters. The normalized spacial score (nSPS) is 15.0. The van der Waals surface area contributed by atoms with Gasteiger partial charge in [-0.15, -0.1) is 6.42 Å². The molecule has 2 heterocycles. The molecule has 1 amide bonds. The van der Waals surface area contributed by atoms with Gasteiger partial charge in [0.2, 0.25) is 10.0 Å². The number of rotatable bonds is 5. The highest BCUT2D eigenvalue weighted by Gasteiger charge is 2.30. The van der Waals surface area contributed by atoms with Crippen molar-refractivity contribution in [1.82, 2.24) is 14.6 Å². The largest absolute Gasteiger partial charge is 0.423 e. The highest BCUT2D eigenvalue weighted by atomic mass is 32.2. The van der Waals surface area contributed by atoms with E-state index < -0.39 is 10.0 Å². The van der Waals surface area contributed by atoms with Gasteiger partial charge in [-0.25, -0.2) is 8.42 Å². The van der Waals surface area contributed by atoms with Crippen LogP contribution in [0, 0.1) is 19.3 Å². The fraction of sp³-hybridized carbons (Fsp3) is 0.273. The average molecular weight is 439 g/mol. The number of benzene rings is 2. The summed E-state index contributed by atoms with van der Waals surface area (Å²) in [7, 11) is -3.54. The summed E-state index contributed by atoms with van der Waals surface area (Å²) in [6, 6.07) is 12.3. The minimum absolute atomic E-state index is 0.149. The van der Waals surface area contributed by atoms with E-state index >= 15 is 0 Å². The maximum absolute atomic E-state index is 12.9. The number of oxazole rings is 1. The van der Waals surface area contributed by atoms with Crippen LogP contribution in [0.4, 0.5) is 6.01 Å². The molecule has 0 spiro atoms. The Kier molecular flexibility index (Phi) is 5.67. The smallest absolute Gasteiger partial charge is 0.298 e. The number of anilines is 1. The summed E-state index contributed by atoms with van der Waals surface area (Å²) in [5, 5.41) is 2.61. The number of hydrogen-bond donors (Lipinski definition) is 1. The zero-order chi connectivity index (χ0) is 22.0. The van der Waals surface area contributed by atoms with Gasteiger partial charge in [0.15, 0.2) is 5.58 Å². The zero-order valence-corrected chi connectivity index (χ0v) is 17.9. The summed E-state index contributed by atoms with van der Waals surface area (Å²) in [5.41, 5.74) is 2.45. The minimum Gasteiger partial charge on any atom is -0.423 e. The van der Waals surface area contributed by atoms with Crippen molar-refractivity contribution in [2.45, 2.75) is 11.8 Å². The number of sulfonamides is 1. The zero-order valence-electron chi connectivity index (χ0n) is 17.0. The average Bonchev–Trinajstić information content (AvgIpc) is 3.21. The second kappa shape index (κ2) is 8.41. The lowest BCUT2D eigenvalue weighted by atomic mass is 10.2. The van der Waals surface area contributed by atoms with E-state index in [0.29, 0.717) is 53.8 Å². The Morgan fingerprint density at radius 3 is 2.68 bits per heavy atom. The van der Waals surface area contributed by atoms with Gasteiger partial charge in [-0.2, -0.15) is 9.29 Å². The number of nitrogens with zero attached hydrogens (tertiary/aromatic N) is 3. The van der Waals surface area contributed by atoms with Crippen LogP contribution in [0.3, 0.4) is 0 Å². The van der Waals surface area contributed by atoms with Gasteiger partial charge in [0.05, 0.1) is 11.4 Å². The Labute approximate surface area is 180 Å². The molecule has 0 aliphatic carbocycles. The molecule has 1 saturated heterocycles. The van der Waals surface area contributed by atoms with Crippen molar-refractivity contribution in [2.24, 2.45) is 0 Å². The Morgan fingerprint density at radius 1 is 1.19 bits per heavy atom. The quantitative estimate of drug-likeness (QED) is 0.613. The minimum atomic E-state index is -3.54. The molecule has 0 unspecified atom stereocenters. The monoisotopic (exact) mass is 438 g/mol. The molecule has 8 nitrogen and oxygen atoms in total. The van der Waals surface area contributed by atoms with Crippen LogP contribution in [0.15, 0.2) is 51.8 Å². The summed E-state index contributed by atoms with van der Waals surface area (Å²) in [6.45, 7) is 3.58. The summed E-state index contributed by atoms with van der Waals surface area (Å²) >= 11 is 0. The van der Waals surface area contributed by atoms with Crippen molar-refractivity contribution in [2.75, 3.05) is 37.6 Å². The number of aromatic nitrogens is 1. The molecule has 0 radical (unpaired) electrons. The molecule has 0 bridgehead atoms. The third-order valence-electron chi connectivity index (χ3n) is 5.13. The first kappa shape index (κ1) is 20.9. The predicted molar refractivity (Wildman–Crippen MR) is 117 cm³/mol. The summed E-state index contributed by atoms with van der Waals surface area (Å²) in [6.07, 6.45) is 5.17. The molecule has 31 heavy (non-hydrogen) atoms. The summed E-state index contributed by atoms with van der Waals surface area (Å²) in [5.74, 6) is 2.08. The number of terminal acetylenes is 1. The van der Waals surface area contributed by atoms with Gasteiger partial charge in [-0.1, -0.05) is 18.1 Å². The van der Waals surface area contributed by atoms with Crippen LogP contribution in [-0.2, 0) is 10.0 Å². The molecule has 1 aliphatic heterocycles. The fourth-order valence-corrected chi connectivity index (χ4v) is 5.00. The number of carbonyl (C=O) groups excluding carboxylic acids is 1. The van der Waals surface area contributed by atoms with E-state index in [1.165, 1.54) is 4.31 Å². The first-order chi connectivity index (χ1) is 14.9. The molecule has 160 valence electrons. The first-order valence-electron chi connectivity index (χ1n) is 9.82. The van der Waals surface area contributed by atoms with Gasteiger partial charge in [0, 0.05) is 31.7 Å². The van der Waals surface area contributed by atoms with E-state index in [-0.39, 0.29) is 12.5 Å². The van der Waals surface area contributed by atoms with Crippen molar-refractivity contribution in [3.63, 3.8) is 0 Å². The van der Waals surface area contributed by atoms with E-state index in [4.69, 9.17) is 10.8 Å². The lowest BCUT2D eigenvalue weighted by Gasteiger charge is -2.33. The highest BCUT2D eigenvalue weighted by Crippen LogP contribution is 2.25. The van der Waals surface area contributed by atoms with Crippen LogP contribution in [0.5, 0.6) is 0 Å². The molecule has 1 N–H and O–H groups in total. The standard InChI is InChI=1S/C22H22N4O4S/c1-3-9-23-21(27)17-7-8-20-19(15-17)24-22(30-20)25-10-12-26(13-11-25)31(28,29)18-6-4-5-16(2)14-18/h1,4-8,14-15H,9-13H2,2H3,(H,23,27). The lowest BCUT2D eigenvalue weighted by Crippen LogP contribution is -2.48. The predicted octanol–water partition coefficient (Wildman–Crippen LogP) is 2.01. The number of fused-ring (bicyclic) bond motifs is 1. The van der Waals surface area contributed by atoms with Gasteiger partial charge >= 0.3 is 0 Å². The van der Waals surface area contributed by atoms with Gasteiger partial charge in [-0.3, -0.25) is 4.79 Å². The van der Waals surface area contributed by atoms with Crippen molar-refractivity contribution in [1.29, 1.82) is 0 Å². The van der Waals surface area contributed by atoms with E-state index in [1.54, 1.807) is 36.4 Å². The number of piperazine rings is 1. The van der Waals surface area contributed by atoms with Crippen molar-refractivity contribution < 1.29 is 17.6 Å². The van der Waals surface area contributed by atoms with Gasteiger partial charge in [0.1, 0.15) is 5.52 Å². The number of hydrogen-bond acceptors (Lipinski definition) is 6. The van der Waals surface area contributed by atoms with E-state index in [1.807, 2.05) is 17.9 Å². The molecule has 4 rings (SSSR count). The Morgan fingerprint density at radius 2 is 1.97 bits per heavy atom. The molecular weight excluding hydrogens is 416 g/mol. The number of carbonyl (C=O) groups is 1. The van der Waals surface area contributed by atoms with Crippen molar-refractivity contribution in [3.05, 3.63) is 53.6 Å². The van der Waals surface area contributed by atoms with Crippen molar-refractivity contribution >= 4 is 33.0 Å². The molecule has 1 aromatic heterocycles. The van der Waals surface area contributed by atoms with Crippen molar-refractivity contribution in [3.8, 4) is 12.3 Å². The number of amides is 1. The molecule has 2 aromatic carbocycles. The summed E-state index contributed by atoms with van der Waals surface area (Å²) < 4.78 is 33.1. The second-order valence-corrected chi connectivity index (χ2v) is 9.21. The third-order valence-corrected chi connectivity index (χ3v) is 7.02. The molecule has 9 heteroatoms. The molecule has 1 aliphatic rings. The molecular formula is C22H22N4O4S. The second-order valence-electron chi connectivity index (χ2n) is 7.27. The SMILES string of the molecule is C#CCNC(=O)c1ccc2oc(N3CCN(S(=O)(=O)c4cccc(C)c4)CC3)nc2c1. The Bertz CT molecular complexity index is 1270. The van der Waals surface area contributed by atoms with E-state index in [2.05, 4.69) is 16.2 Å². The van der Waals surface area contributed by atoms with Gasteiger partial charge < -0.3 is 14.6 Å². The molecule has 0 saturated carbocycles. The Hall–Kier alpha value is -3.35. The third kappa shape index (κ3) is 4.26. The van der Waals surface area contributed by atoms with Gasteiger partial charge in [0.25, 0.3) is 11.9 Å². The molecule has 1 fully saturated rings. The molecule has 3 aromatic rings. The first-order valence-corrected chi connectivity index (χ1v) is 11.3. The Balaban J connectivity index is 1.47. The van der Waals surface area contributed by atoms with Gasteiger partial charge in [-0.05, 0) is 42.8 Å². The van der Waals surface area contributed by atoms with Crippen LogP contribution in [0.2, 0.25) is 0 Å². The number of nitrogens with one attached hydrogen (secondary N) is 1. The topological polar surface area (TPSA) is 95.8 Å². The lowest BCUT2D eigenvalue weighted by molar-refractivity contribution is 0.0959. The number of aryl methyl sites for hydroxylation is 1. The van der Waals surface area contributed by atoms with Crippen LogP contribution in [-0.4, -0.2) is 56.3 Å². The van der Waals surface area contributed by atoms with Crippen LogP contribution < -0.4 is 10.2 Å². The highest BCUT2D eigenvalue weighted by molar-refractivity contribution is 7.89. The van der Waals surface area contributed by atoms with E-state index in [0.717, 1.165) is 5.56 Å². The maximum atomic E-state index is 12.9. The van der Waals surface area contributed by atoms with Crippen LogP contribution in [0.25, 0.3) is 11.1 Å². The summed E-state index contributed by atoms with van der Waals surface area (Å²) in [4.78, 5) is 18.8. The van der Waals surface area contributed by atoms with E-state index in [9.17, 15) is 13.2 Å².